The van der Waals surface area contributed by atoms with E-state index in [1.807, 2.05) is 18.2 Å². The number of hydrogen-bond donors (Lipinski definition) is 1. The number of aromatic hydroxyl groups is 1. The molecule has 5 aromatic carbocycles. The van der Waals surface area contributed by atoms with Crippen molar-refractivity contribution >= 4 is 32.3 Å². The summed E-state index contributed by atoms with van der Waals surface area (Å²) >= 11 is 0. The van der Waals surface area contributed by atoms with Gasteiger partial charge in [0.05, 0.1) is 6.61 Å². The maximum Gasteiger partial charge on any atom is 0.228 e. The Balaban J connectivity index is 1.53. The number of phenolic OH excluding ortho intramolecular Hbond substituents is 1. The van der Waals surface area contributed by atoms with E-state index >= 15 is 0 Å². The molecule has 6 rings (SSSR count). The average Bonchev–Trinajstić information content (AvgIpc) is 2.75. The van der Waals surface area contributed by atoms with Gasteiger partial charge in [0.25, 0.3) is 0 Å². The Morgan fingerprint density at radius 3 is 2.17 bits per heavy atom. The summed E-state index contributed by atoms with van der Waals surface area (Å²) in [5.41, 5.74) is 2.05. The fourth-order valence-electron chi connectivity index (χ4n) is 4.29. The van der Waals surface area contributed by atoms with Crippen LogP contribution in [0, 0.1) is 0 Å². The fraction of sp³-hybridized carbons (Fsp3) is 0.0769. The predicted molar refractivity (Wildman–Crippen MR) is 115 cm³/mol. The van der Waals surface area contributed by atoms with Crippen LogP contribution in [0.15, 0.2) is 84.9 Å². The summed E-state index contributed by atoms with van der Waals surface area (Å²) in [7, 11) is 0. The number of phenols is 1. The molecule has 1 aliphatic heterocycles. The van der Waals surface area contributed by atoms with Crippen molar-refractivity contribution in [1.82, 2.24) is 0 Å². The predicted octanol–water partition coefficient (Wildman–Crippen LogP) is 6.46. The van der Waals surface area contributed by atoms with Crippen LogP contribution in [0.25, 0.3) is 32.3 Å². The van der Waals surface area contributed by atoms with Gasteiger partial charge < -0.3 is 14.6 Å². The van der Waals surface area contributed by atoms with Crippen molar-refractivity contribution in [3.8, 4) is 11.5 Å². The van der Waals surface area contributed by atoms with Gasteiger partial charge in [-0.3, -0.25) is 0 Å². The van der Waals surface area contributed by atoms with Gasteiger partial charge in [-0.05, 0) is 62.6 Å². The van der Waals surface area contributed by atoms with E-state index in [1.54, 1.807) is 12.1 Å². The highest BCUT2D eigenvalue weighted by Gasteiger charge is 2.26. The summed E-state index contributed by atoms with van der Waals surface area (Å²) < 4.78 is 12.6. The van der Waals surface area contributed by atoms with E-state index in [2.05, 4.69) is 54.6 Å². The van der Waals surface area contributed by atoms with Crippen molar-refractivity contribution in [3.63, 3.8) is 0 Å². The molecule has 1 heterocycles. The van der Waals surface area contributed by atoms with Crippen LogP contribution in [-0.2, 0) is 11.3 Å². The molecule has 0 spiro atoms. The Bertz CT molecular complexity index is 1350. The molecule has 0 saturated carbocycles. The minimum atomic E-state index is -0.479. The van der Waals surface area contributed by atoms with Crippen LogP contribution in [0.2, 0.25) is 0 Å². The Hall–Kier alpha value is -3.56. The first-order valence-electron chi connectivity index (χ1n) is 9.70. The molecular weight excluding hydrogens is 360 g/mol. The zero-order valence-corrected chi connectivity index (χ0v) is 15.6. The van der Waals surface area contributed by atoms with Gasteiger partial charge in [0.15, 0.2) is 0 Å². The third-order valence-corrected chi connectivity index (χ3v) is 5.68. The molecule has 0 saturated heterocycles. The molecule has 29 heavy (non-hydrogen) atoms. The zero-order chi connectivity index (χ0) is 19.4. The third kappa shape index (κ3) is 2.63. The summed E-state index contributed by atoms with van der Waals surface area (Å²) in [5, 5.41) is 16.4. The zero-order valence-electron chi connectivity index (χ0n) is 15.6. The molecule has 3 nitrogen and oxygen atoms in total. The van der Waals surface area contributed by atoms with Gasteiger partial charge in [0, 0.05) is 11.1 Å². The van der Waals surface area contributed by atoms with Gasteiger partial charge in [-0.1, -0.05) is 54.6 Å². The lowest BCUT2D eigenvalue weighted by atomic mass is 9.96. The maximum absolute atomic E-state index is 9.76. The molecule has 5 aromatic rings. The maximum atomic E-state index is 9.76. The first-order valence-corrected chi connectivity index (χ1v) is 9.70. The molecule has 1 atom stereocenters. The standard InChI is InChI=1S/C26H18O3/c27-21-10-9-16-14-24-20(12-19(16)13-21)15-28-26(29-24)25-22-7-3-1-5-17(22)11-18-6-2-4-8-23(18)25/h1-14,26-27H,15H2. The SMILES string of the molecule is Oc1ccc2cc3c(cc2c1)COC(c1c2ccccc2cc2ccccc12)O3. The summed E-state index contributed by atoms with van der Waals surface area (Å²) in [6, 6.07) is 28.4. The van der Waals surface area contributed by atoms with Crippen LogP contribution in [0.4, 0.5) is 0 Å². The largest absolute Gasteiger partial charge is 0.508 e. The summed E-state index contributed by atoms with van der Waals surface area (Å²) in [6.45, 7) is 0.461. The normalized spacial score (nSPS) is 16.1. The van der Waals surface area contributed by atoms with E-state index in [0.717, 1.165) is 38.4 Å². The highest BCUT2D eigenvalue weighted by molar-refractivity contribution is 6.02. The minimum absolute atomic E-state index is 0.259. The van der Waals surface area contributed by atoms with Gasteiger partial charge in [-0.25, -0.2) is 0 Å². The van der Waals surface area contributed by atoms with E-state index in [4.69, 9.17) is 9.47 Å². The molecule has 140 valence electrons. The lowest BCUT2D eigenvalue weighted by molar-refractivity contribution is -0.109. The summed E-state index contributed by atoms with van der Waals surface area (Å²) in [4.78, 5) is 0. The Labute approximate surface area is 167 Å². The van der Waals surface area contributed by atoms with E-state index in [-0.39, 0.29) is 5.75 Å². The lowest BCUT2D eigenvalue weighted by Gasteiger charge is -2.29. The smallest absolute Gasteiger partial charge is 0.228 e. The topological polar surface area (TPSA) is 38.7 Å². The Morgan fingerprint density at radius 2 is 1.41 bits per heavy atom. The number of fused-ring (bicyclic) bond motifs is 4. The van der Waals surface area contributed by atoms with Crippen molar-refractivity contribution in [2.75, 3.05) is 0 Å². The second-order valence-corrected chi connectivity index (χ2v) is 7.48. The molecule has 0 amide bonds. The molecular formula is C26H18O3. The molecule has 0 radical (unpaired) electrons. The molecule has 0 aromatic heterocycles. The van der Waals surface area contributed by atoms with E-state index < -0.39 is 6.29 Å². The van der Waals surface area contributed by atoms with Crippen molar-refractivity contribution in [2.45, 2.75) is 12.9 Å². The molecule has 1 N–H and O–H groups in total. The van der Waals surface area contributed by atoms with Gasteiger partial charge in [0.2, 0.25) is 6.29 Å². The average molecular weight is 378 g/mol. The first-order chi connectivity index (χ1) is 14.3. The second-order valence-electron chi connectivity index (χ2n) is 7.48. The number of rotatable bonds is 1. The highest BCUT2D eigenvalue weighted by atomic mass is 16.7. The van der Waals surface area contributed by atoms with Gasteiger partial charge in [0.1, 0.15) is 11.5 Å². The van der Waals surface area contributed by atoms with Gasteiger partial charge >= 0.3 is 0 Å². The lowest BCUT2D eigenvalue weighted by Crippen LogP contribution is -2.18. The van der Waals surface area contributed by atoms with Crippen molar-refractivity contribution in [2.24, 2.45) is 0 Å². The van der Waals surface area contributed by atoms with Crippen LogP contribution < -0.4 is 4.74 Å². The van der Waals surface area contributed by atoms with Gasteiger partial charge in [-0.15, -0.1) is 0 Å². The van der Waals surface area contributed by atoms with E-state index in [1.165, 1.54) is 10.8 Å². The van der Waals surface area contributed by atoms with Gasteiger partial charge in [-0.2, -0.15) is 0 Å². The van der Waals surface area contributed by atoms with Crippen LogP contribution in [0.1, 0.15) is 17.4 Å². The van der Waals surface area contributed by atoms with Crippen molar-refractivity contribution < 1.29 is 14.6 Å². The molecule has 0 fully saturated rings. The molecule has 1 aliphatic rings. The number of ether oxygens (including phenoxy) is 2. The molecule has 0 aliphatic carbocycles. The third-order valence-electron chi connectivity index (χ3n) is 5.68. The minimum Gasteiger partial charge on any atom is -0.508 e. The van der Waals surface area contributed by atoms with Crippen LogP contribution in [0.5, 0.6) is 11.5 Å². The number of benzene rings is 5. The van der Waals surface area contributed by atoms with Crippen LogP contribution in [0.3, 0.4) is 0 Å². The van der Waals surface area contributed by atoms with Crippen LogP contribution >= 0.6 is 0 Å². The molecule has 0 bridgehead atoms. The van der Waals surface area contributed by atoms with Crippen molar-refractivity contribution in [3.05, 3.63) is 96.1 Å². The molecule has 1 unspecified atom stereocenters. The van der Waals surface area contributed by atoms with Crippen molar-refractivity contribution in [1.29, 1.82) is 0 Å². The second kappa shape index (κ2) is 6.23. The summed E-state index contributed by atoms with van der Waals surface area (Å²) in [5.74, 6) is 1.09. The van der Waals surface area contributed by atoms with E-state index in [0.29, 0.717) is 6.61 Å². The molecule has 3 heteroatoms. The first kappa shape index (κ1) is 16.4. The Kier molecular flexibility index (Phi) is 3.52. The fourth-order valence-corrected chi connectivity index (χ4v) is 4.29. The quantitative estimate of drug-likeness (QED) is 0.340. The number of hydrogen-bond acceptors (Lipinski definition) is 3. The monoisotopic (exact) mass is 378 g/mol. The summed E-state index contributed by atoms with van der Waals surface area (Å²) in [6.07, 6.45) is -0.479. The highest BCUT2D eigenvalue weighted by Crippen LogP contribution is 2.41. The van der Waals surface area contributed by atoms with E-state index in [9.17, 15) is 5.11 Å². The Morgan fingerprint density at radius 1 is 0.690 bits per heavy atom. The van der Waals surface area contributed by atoms with Crippen LogP contribution in [-0.4, -0.2) is 5.11 Å².